The van der Waals surface area contributed by atoms with Crippen LogP contribution >= 0.6 is 0 Å². The number of aromatic nitrogens is 1. The van der Waals surface area contributed by atoms with Gasteiger partial charge in [0.05, 0.1) is 5.56 Å². The summed E-state index contributed by atoms with van der Waals surface area (Å²) in [5, 5.41) is 3.93. The van der Waals surface area contributed by atoms with Crippen LogP contribution in [0.3, 0.4) is 0 Å². The third kappa shape index (κ3) is 1.72. The summed E-state index contributed by atoms with van der Waals surface area (Å²) >= 11 is 0. The van der Waals surface area contributed by atoms with Crippen LogP contribution in [0.1, 0.15) is 5.56 Å². The molecule has 0 amide bonds. The monoisotopic (exact) mass is 172 g/mol. The minimum Gasteiger partial charge on any atom is -0.0752 e. The smallest absolute Gasteiger partial charge is 0.0752 e. The molecule has 1 heterocycles. The summed E-state index contributed by atoms with van der Waals surface area (Å²) in [5.74, 6) is 0. The fraction of sp³-hybridized carbons (Fsp3) is 0.0909. The minimum atomic E-state index is 0.876. The molecule has 2 rings (SSSR count). The lowest BCUT2D eigenvalue weighted by atomic mass is 10.1. The molecule has 2 aromatic rings. The van der Waals surface area contributed by atoms with Crippen LogP contribution < -0.4 is 0 Å². The predicted octanol–water partition coefficient (Wildman–Crippen LogP) is 2.93. The summed E-state index contributed by atoms with van der Waals surface area (Å²) in [6.45, 7) is 1.98. The van der Waals surface area contributed by atoms with Crippen molar-refractivity contribution in [2.24, 2.45) is 0 Å². The van der Waals surface area contributed by atoms with E-state index < -0.39 is 0 Å². The van der Waals surface area contributed by atoms with Crippen molar-refractivity contribution >= 4 is 0 Å². The highest BCUT2D eigenvalue weighted by molar-refractivity contribution is 5.58. The summed E-state index contributed by atoms with van der Waals surface area (Å²) in [5.41, 5.74) is 3.03. The molecule has 0 radical (unpaired) electrons. The van der Waals surface area contributed by atoms with Crippen molar-refractivity contribution in [1.82, 2.24) is 5.16 Å². The van der Waals surface area contributed by atoms with Crippen LogP contribution in [0.15, 0.2) is 47.2 Å². The first-order valence-electron chi connectivity index (χ1n) is 4.17. The fourth-order valence-electron chi connectivity index (χ4n) is 1.19. The van der Waals surface area contributed by atoms with Crippen LogP contribution in [0.25, 0.3) is 11.3 Å². The van der Waals surface area contributed by atoms with Gasteiger partial charge in [0.1, 0.15) is 0 Å². The number of nitrogens with zero attached hydrogens (tertiary/aromatic N) is 1. The standard InChI is InChI=1S/C11H10NO/c1-9-7-11(12-13-8-9)10-5-3-2-4-6-10/h2-8H,1H3/q+1. The first-order chi connectivity index (χ1) is 6.36. The Morgan fingerprint density at radius 2 is 1.92 bits per heavy atom. The first-order valence-corrected chi connectivity index (χ1v) is 4.17. The largest absolute Gasteiger partial charge is 0.368 e. The van der Waals surface area contributed by atoms with E-state index in [0.717, 1.165) is 16.8 Å². The van der Waals surface area contributed by atoms with Gasteiger partial charge in [-0.25, -0.2) is 0 Å². The Hall–Kier alpha value is -1.70. The minimum absolute atomic E-state index is 0.876. The van der Waals surface area contributed by atoms with E-state index in [0.29, 0.717) is 0 Å². The molecule has 13 heavy (non-hydrogen) atoms. The molecule has 0 fully saturated rings. The van der Waals surface area contributed by atoms with Gasteiger partial charge in [0.2, 0.25) is 0 Å². The topological polar surface area (TPSA) is 24.2 Å². The molecule has 2 nitrogen and oxygen atoms in total. The van der Waals surface area contributed by atoms with Crippen molar-refractivity contribution in [3.8, 4) is 11.3 Å². The van der Waals surface area contributed by atoms with Gasteiger partial charge in [0.25, 0.3) is 0 Å². The van der Waals surface area contributed by atoms with Gasteiger partial charge in [-0.2, -0.15) is 0 Å². The van der Waals surface area contributed by atoms with E-state index in [-0.39, 0.29) is 0 Å². The molecule has 0 N–H and O–H groups in total. The zero-order chi connectivity index (χ0) is 9.10. The van der Waals surface area contributed by atoms with E-state index in [2.05, 4.69) is 5.16 Å². The molecule has 0 aliphatic heterocycles. The SMILES string of the molecule is Cc1c[o+]nc(-c2ccccc2)c1. The second-order valence-corrected chi connectivity index (χ2v) is 2.95. The van der Waals surface area contributed by atoms with E-state index in [9.17, 15) is 0 Å². The summed E-state index contributed by atoms with van der Waals surface area (Å²) < 4.78 is 4.94. The van der Waals surface area contributed by atoms with Crippen molar-refractivity contribution in [3.63, 3.8) is 0 Å². The Bertz CT molecular complexity index is 398. The average molecular weight is 172 g/mol. The van der Waals surface area contributed by atoms with Crippen LogP contribution in [-0.4, -0.2) is 5.16 Å². The molecule has 0 saturated carbocycles. The second kappa shape index (κ2) is 3.35. The van der Waals surface area contributed by atoms with Crippen molar-refractivity contribution in [1.29, 1.82) is 0 Å². The Kier molecular flexibility index (Phi) is 2.04. The van der Waals surface area contributed by atoms with Crippen molar-refractivity contribution in [3.05, 3.63) is 48.2 Å². The highest BCUT2D eigenvalue weighted by Gasteiger charge is 2.05. The molecule has 64 valence electrons. The maximum Gasteiger partial charge on any atom is 0.368 e. The molecule has 2 heteroatoms. The molecular formula is C11H10NO+. The maximum atomic E-state index is 4.94. The first kappa shape index (κ1) is 7.92. The van der Waals surface area contributed by atoms with Crippen LogP contribution in [0.5, 0.6) is 0 Å². The van der Waals surface area contributed by atoms with Crippen LogP contribution in [0.4, 0.5) is 0 Å². The van der Waals surface area contributed by atoms with Gasteiger partial charge in [-0.05, 0) is 13.0 Å². The Labute approximate surface area is 76.8 Å². The molecule has 0 atom stereocenters. The van der Waals surface area contributed by atoms with Gasteiger partial charge >= 0.3 is 6.26 Å². The van der Waals surface area contributed by atoms with Crippen LogP contribution in [-0.2, 0) is 0 Å². The van der Waals surface area contributed by atoms with Crippen LogP contribution in [0, 0.1) is 6.92 Å². The average Bonchev–Trinajstić information content (AvgIpc) is 2.19. The highest BCUT2D eigenvalue weighted by Crippen LogP contribution is 2.16. The number of aryl methyl sites for hydroxylation is 1. The number of hydrogen-bond acceptors (Lipinski definition) is 1. The van der Waals surface area contributed by atoms with Crippen LogP contribution in [0.2, 0.25) is 0 Å². The third-order valence-electron chi connectivity index (χ3n) is 1.82. The lowest BCUT2D eigenvalue weighted by Gasteiger charge is -1.92. The summed E-state index contributed by atoms with van der Waals surface area (Å²) in [4.78, 5) is 0. The summed E-state index contributed by atoms with van der Waals surface area (Å²) in [6.07, 6.45) is 1.63. The van der Waals surface area contributed by atoms with E-state index in [1.54, 1.807) is 6.26 Å². The summed E-state index contributed by atoms with van der Waals surface area (Å²) in [7, 11) is 0. The Morgan fingerprint density at radius 3 is 2.62 bits per heavy atom. The molecule has 0 spiro atoms. The van der Waals surface area contributed by atoms with Gasteiger partial charge in [-0.15, -0.1) is 0 Å². The molecular weight excluding hydrogens is 162 g/mol. The van der Waals surface area contributed by atoms with Gasteiger partial charge in [0.15, 0.2) is 10.9 Å². The Morgan fingerprint density at radius 1 is 1.15 bits per heavy atom. The molecule has 1 aromatic heterocycles. The van der Waals surface area contributed by atoms with Crippen molar-refractivity contribution in [2.45, 2.75) is 6.92 Å². The van der Waals surface area contributed by atoms with Crippen molar-refractivity contribution < 1.29 is 4.52 Å². The second-order valence-electron chi connectivity index (χ2n) is 2.95. The van der Waals surface area contributed by atoms with Gasteiger partial charge in [0, 0.05) is 5.56 Å². The zero-order valence-corrected chi connectivity index (χ0v) is 7.40. The maximum absolute atomic E-state index is 4.94. The molecule has 1 aromatic carbocycles. The third-order valence-corrected chi connectivity index (χ3v) is 1.82. The Balaban J connectivity index is 2.48. The van der Waals surface area contributed by atoms with Gasteiger partial charge in [-0.3, -0.25) is 0 Å². The van der Waals surface area contributed by atoms with Gasteiger partial charge in [-0.1, -0.05) is 34.9 Å². The van der Waals surface area contributed by atoms with Crippen molar-refractivity contribution in [2.75, 3.05) is 0 Å². The van der Waals surface area contributed by atoms with E-state index >= 15 is 0 Å². The fourth-order valence-corrected chi connectivity index (χ4v) is 1.19. The molecule has 0 aliphatic carbocycles. The molecule has 0 bridgehead atoms. The number of rotatable bonds is 1. The van der Waals surface area contributed by atoms with Gasteiger partial charge < -0.3 is 0 Å². The highest BCUT2D eigenvalue weighted by atomic mass is 16.4. The van der Waals surface area contributed by atoms with E-state index in [4.69, 9.17) is 4.52 Å². The molecule has 0 aliphatic rings. The van der Waals surface area contributed by atoms with E-state index in [1.165, 1.54) is 0 Å². The lowest BCUT2D eigenvalue weighted by Crippen LogP contribution is -1.82. The quantitative estimate of drug-likeness (QED) is 0.617. The number of benzene rings is 1. The summed E-state index contributed by atoms with van der Waals surface area (Å²) in [6, 6.07) is 12.0. The molecule has 0 unspecified atom stereocenters. The van der Waals surface area contributed by atoms with E-state index in [1.807, 2.05) is 43.3 Å². The number of hydrogen-bond donors (Lipinski definition) is 0. The lowest BCUT2D eigenvalue weighted by molar-refractivity contribution is 0.400. The normalized spacial score (nSPS) is 9.92. The predicted molar refractivity (Wildman–Crippen MR) is 51.1 cm³/mol. The molecule has 0 saturated heterocycles. The zero-order valence-electron chi connectivity index (χ0n) is 7.40.